The zero-order valence-corrected chi connectivity index (χ0v) is 23.4. The minimum atomic E-state index is -0.482. The largest absolute Gasteiger partial charge is 0.324 e. The second-order valence-electron chi connectivity index (χ2n) is 8.50. The van der Waals surface area contributed by atoms with Crippen LogP contribution in [0.1, 0.15) is 11.1 Å². The maximum atomic E-state index is 14.9. The van der Waals surface area contributed by atoms with Crippen molar-refractivity contribution in [3.8, 4) is 11.4 Å². The Labute approximate surface area is 235 Å². The third-order valence-corrected chi connectivity index (χ3v) is 8.31. The molecular weight excluding hydrogens is 563 g/mol. The van der Waals surface area contributed by atoms with Crippen molar-refractivity contribution in [3.05, 3.63) is 103 Å². The standard InChI is InChI=1S/C27H20ClFN4O2S3/c1-15-7-10-17(11-8-15)32-25(35)23-24(33(27(36)38-23)21-13-16(2)9-12-19(21)29)31-26(32)37-14-22(34)30-20-6-4-3-5-18(20)28/h3-13H,14H2,1-2H3,(H,30,34). The van der Waals surface area contributed by atoms with Crippen molar-refractivity contribution in [3.63, 3.8) is 0 Å². The summed E-state index contributed by atoms with van der Waals surface area (Å²) in [7, 11) is 0. The summed E-state index contributed by atoms with van der Waals surface area (Å²) in [6.07, 6.45) is 0. The van der Waals surface area contributed by atoms with Crippen LogP contribution in [0.3, 0.4) is 0 Å². The van der Waals surface area contributed by atoms with Crippen LogP contribution in [0.2, 0.25) is 5.02 Å². The number of hydrogen-bond donors (Lipinski definition) is 1. The predicted molar refractivity (Wildman–Crippen MR) is 156 cm³/mol. The number of hydrogen-bond acceptors (Lipinski definition) is 6. The van der Waals surface area contributed by atoms with Gasteiger partial charge >= 0.3 is 0 Å². The molecule has 5 rings (SSSR count). The van der Waals surface area contributed by atoms with Crippen molar-refractivity contribution in [2.24, 2.45) is 0 Å². The molecule has 1 amide bonds. The van der Waals surface area contributed by atoms with Crippen molar-refractivity contribution < 1.29 is 9.18 Å². The van der Waals surface area contributed by atoms with Gasteiger partial charge in [-0.05, 0) is 68.0 Å². The van der Waals surface area contributed by atoms with E-state index in [1.165, 1.54) is 15.2 Å². The van der Waals surface area contributed by atoms with Gasteiger partial charge in [-0.2, -0.15) is 0 Å². The van der Waals surface area contributed by atoms with E-state index in [2.05, 4.69) is 5.32 Å². The third kappa shape index (κ3) is 5.17. The molecule has 0 radical (unpaired) electrons. The highest BCUT2D eigenvalue weighted by Gasteiger charge is 2.21. The lowest BCUT2D eigenvalue weighted by Gasteiger charge is -2.14. The van der Waals surface area contributed by atoms with Gasteiger partial charge in [0.1, 0.15) is 10.5 Å². The summed E-state index contributed by atoms with van der Waals surface area (Å²) in [5.74, 6) is -0.845. The number of benzene rings is 3. The summed E-state index contributed by atoms with van der Waals surface area (Å²) < 4.78 is 18.4. The van der Waals surface area contributed by atoms with E-state index in [9.17, 15) is 14.0 Å². The van der Waals surface area contributed by atoms with Crippen LogP contribution in [0.15, 0.2) is 76.7 Å². The van der Waals surface area contributed by atoms with E-state index in [1.807, 2.05) is 38.1 Å². The van der Waals surface area contributed by atoms with Gasteiger partial charge in [0.15, 0.2) is 14.8 Å². The lowest BCUT2D eigenvalue weighted by molar-refractivity contribution is -0.113. The highest BCUT2D eigenvalue weighted by Crippen LogP contribution is 2.29. The number of rotatable bonds is 6. The second-order valence-corrected chi connectivity index (χ2v) is 11.5. The van der Waals surface area contributed by atoms with Crippen LogP contribution in [-0.2, 0) is 4.79 Å². The average Bonchev–Trinajstić information content (AvgIpc) is 3.22. The van der Waals surface area contributed by atoms with E-state index >= 15 is 0 Å². The van der Waals surface area contributed by atoms with Crippen molar-refractivity contribution in [1.29, 1.82) is 0 Å². The average molecular weight is 583 g/mol. The highest BCUT2D eigenvalue weighted by molar-refractivity contribution is 7.99. The fraction of sp³-hybridized carbons (Fsp3) is 0.111. The first kappa shape index (κ1) is 26.3. The smallest absolute Gasteiger partial charge is 0.278 e. The van der Waals surface area contributed by atoms with E-state index in [1.54, 1.807) is 36.4 Å². The molecule has 0 atom stereocenters. The fourth-order valence-electron chi connectivity index (χ4n) is 3.84. The van der Waals surface area contributed by atoms with Crippen molar-refractivity contribution in [1.82, 2.24) is 14.1 Å². The maximum Gasteiger partial charge on any atom is 0.278 e. The van der Waals surface area contributed by atoms with E-state index in [0.29, 0.717) is 25.1 Å². The normalized spacial score (nSPS) is 11.2. The van der Waals surface area contributed by atoms with Crippen LogP contribution in [0.5, 0.6) is 0 Å². The van der Waals surface area contributed by atoms with E-state index in [-0.39, 0.29) is 33.7 Å². The van der Waals surface area contributed by atoms with Gasteiger partial charge in [0, 0.05) is 0 Å². The highest BCUT2D eigenvalue weighted by atomic mass is 35.5. The lowest BCUT2D eigenvalue weighted by atomic mass is 10.2. The lowest BCUT2D eigenvalue weighted by Crippen LogP contribution is -2.23. The van der Waals surface area contributed by atoms with Crippen molar-refractivity contribution >= 4 is 68.9 Å². The molecule has 0 spiro atoms. The molecule has 2 heterocycles. The Hall–Kier alpha value is -3.31. The van der Waals surface area contributed by atoms with Crippen LogP contribution in [0.25, 0.3) is 21.7 Å². The molecule has 0 aliphatic heterocycles. The first-order chi connectivity index (χ1) is 18.2. The summed E-state index contributed by atoms with van der Waals surface area (Å²) in [4.78, 5) is 31.4. The molecule has 0 bridgehead atoms. The summed E-state index contributed by atoms with van der Waals surface area (Å²) in [6.45, 7) is 3.79. The van der Waals surface area contributed by atoms with E-state index in [4.69, 9.17) is 28.8 Å². The number of fused-ring (bicyclic) bond motifs is 1. The summed E-state index contributed by atoms with van der Waals surface area (Å²) in [5.41, 5.74) is 3.05. The Morgan fingerprint density at radius 1 is 1.08 bits per heavy atom. The zero-order valence-electron chi connectivity index (χ0n) is 20.2. The molecular formula is C27H20ClFN4O2S3. The first-order valence-electron chi connectivity index (χ1n) is 11.4. The molecule has 0 aliphatic rings. The number of para-hydroxylation sites is 1. The van der Waals surface area contributed by atoms with Crippen LogP contribution in [-0.4, -0.2) is 25.8 Å². The summed E-state index contributed by atoms with van der Waals surface area (Å²) >= 11 is 13.9. The van der Waals surface area contributed by atoms with Gasteiger partial charge in [-0.1, -0.05) is 70.6 Å². The minimum absolute atomic E-state index is 0.0429. The molecule has 0 fully saturated rings. The van der Waals surface area contributed by atoms with Gasteiger partial charge in [-0.15, -0.1) is 0 Å². The molecule has 5 aromatic rings. The van der Waals surface area contributed by atoms with Crippen molar-refractivity contribution in [2.75, 3.05) is 11.1 Å². The number of aryl methyl sites for hydroxylation is 2. The fourth-order valence-corrected chi connectivity index (χ4v) is 6.12. The monoisotopic (exact) mass is 582 g/mol. The number of carbonyl (C=O) groups is 1. The van der Waals surface area contributed by atoms with Gasteiger partial charge in [-0.25, -0.2) is 9.37 Å². The Morgan fingerprint density at radius 3 is 2.53 bits per heavy atom. The molecule has 0 saturated heterocycles. The maximum absolute atomic E-state index is 14.9. The van der Waals surface area contributed by atoms with Crippen molar-refractivity contribution in [2.45, 2.75) is 19.0 Å². The van der Waals surface area contributed by atoms with Gasteiger partial charge in [0.25, 0.3) is 5.56 Å². The molecule has 6 nitrogen and oxygen atoms in total. The van der Waals surface area contributed by atoms with Gasteiger partial charge in [-0.3, -0.25) is 18.7 Å². The molecule has 2 aromatic heterocycles. The number of aromatic nitrogens is 3. The molecule has 1 N–H and O–H groups in total. The third-order valence-electron chi connectivity index (χ3n) is 5.69. The first-order valence-corrected chi connectivity index (χ1v) is 14.0. The predicted octanol–water partition coefficient (Wildman–Crippen LogP) is 7.11. The van der Waals surface area contributed by atoms with Gasteiger partial charge in [0.2, 0.25) is 5.91 Å². The molecule has 0 saturated carbocycles. The van der Waals surface area contributed by atoms with E-state index in [0.717, 1.165) is 34.2 Å². The molecule has 192 valence electrons. The van der Waals surface area contributed by atoms with E-state index < -0.39 is 5.82 Å². The van der Waals surface area contributed by atoms with Crippen LogP contribution in [0.4, 0.5) is 10.1 Å². The topological polar surface area (TPSA) is 68.9 Å². The molecule has 3 aromatic carbocycles. The van der Waals surface area contributed by atoms with Crippen LogP contribution >= 0.6 is 46.9 Å². The molecule has 38 heavy (non-hydrogen) atoms. The van der Waals surface area contributed by atoms with Crippen LogP contribution in [0, 0.1) is 23.6 Å². The summed E-state index contributed by atoms with van der Waals surface area (Å²) in [5, 5.41) is 3.47. The summed E-state index contributed by atoms with van der Waals surface area (Å²) in [6, 6.07) is 19.0. The number of thiazole rings is 1. The SMILES string of the molecule is Cc1ccc(-n2c(SCC(=O)Nc3ccccc3Cl)nc3c(sc(=S)n3-c3cc(C)ccc3F)c2=O)cc1. The second kappa shape index (κ2) is 10.8. The Bertz CT molecular complexity index is 1810. The Kier molecular flexibility index (Phi) is 7.49. The number of nitrogens with one attached hydrogen (secondary N) is 1. The minimum Gasteiger partial charge on any atom is -0.324 e. The molecule has 0 aliphatic carbocycles. The Morgan fingerprint density at radius 2 is 1.79 bits per heavy atom. The van der Waals surface area contributed by atoms with Crippen LogP contribution < -0.4 is 10.9 Å². The van der Waals surface area contributed by atoms with Gasteiger partial charge < -0.3 is 5.32 Å². The molecule has 0 unspecified atom stereocenters. The number of nitrogens with zero attached hydrogens (tertiary/aromatic N) is 3. The number of anilines is 1. The number of amides is 1. The van der Waals surface area contributed by atoms with Gasteiger partial charge in [0.05, 0.1) is 27.8 Å². The number of carbonyl (C=O) groups excluding carboxylic acids is 1. The molecule has 11 heteroatoms. The Balaban J connectivity index is 1.63. The zero-order chi connectivity index (χ0) is 27.0. The number of thioether (sulfide) groups is 1. The quantitative estimate of drug-likeness (QED) is 0.131. The number of halogens is 2.